The first-order valence-electron chi connectivity index (χ1n) is 4.91. The predicted molar refractivity (Wildman–Crippen MR) is 50.1 cm³/mol. The molecule has 1 aromatic rings. The normalized spacial score (nSPS) is 11.8. The molecule has 1 rings (SSSR count). The van der Waals surface area contributed by atoms with Crippen LogP contribution in [-0.2, 0) is 10.9 Å². The van der Waals surface area contributed by atoms with Gasteiger partial charge < -0.3 is 4.74 Å². The molecular formula is C10H7F6NO2. The smallest absolute Gasteiger partial charge is 0.436 e. The van der Waals surface area contributed by atoms with Crippen molar-refractivity contribution in [3.05, 3.63) is 28.8 Å². The van der Waals surface area contributed by atoms with E-state index in [1.165, 1.54) is 6.92 Å². The van der Waals surface area contributed by atoms with Gasteiger partial charge in [-0.25, -0.2) is 22.9 Å². The lowest BCUT2D eigenvalue weighted by molar-refractivity contribution is -0.144. The Hall–Kier alpha value is -1.80. The van der Waals surface area contributed by atoms with Gasteiger partial charge in [-0.15, -0.1) is 0 Å². The van der Waals surface area contributed by atoms with E-state index >= 15 is 0 Å². The molecule has 0 aliphatic rings. The molecule has 9 heteroatoms. The number of ether oxygens (including phenoxy) is 1. The van der Waals surface area contributed by atoms with Crippen molar-refractivity contribution in [1.29, 1.82) is 0 Å². The van der Waals surface area contributed by atoms with Crippen molar-refractivity contribution in [3.8, 4) is 0 Å². The van der Waals surface area contributed by atoms with Crippen LogP contribution < -0.4 is 0 Å². The highest BCUT2D eigenvalue weighted by atomic mass is 19.4. The SMILES string of the molecule is CCOC(=O)c1cnc(C(F)(F)F)c(F)c1C(F)F. The maximum absolute atomic E-state index is 13.4. The molecule has 0 aliphatic carbocycles. The number of carbonyl (C=O) groups is 1. The second-order valence-corrected chi connectivity index (χ2v) is 3.27. The van der Waals surface area contributed by atoms with Crippen LogP contribution in [0.25, 0.3) is 0 Å². The average molecular weight is 287 g/mol. The standard InChI is InChI=1S/C10H7F6NO2/c1-2-19-9(18)4-3-17-7(10(14,15)16)6(11)5(4)8(12)13/h3,8H,2H2,1H3. The summed E-state index contributed by atoms with van der Waals surface area (Å²) in [7, 11) is 0. The summed E-state index contributed by atoms with van der Waals surface area (Å²) < 4.78 is 79.9. The minimum atomic E-state index is -5.24. The van der Waals surface area contributed by atoms with Crippen molar-refractivity contribution in [2.75, 3.05) is 6.61 Å². The molecule has 19 heavy (non-hydrogen) atoms. The zero-order chi connectivity index (χ0) is 14.8. The highest BCUT2D eigenvalue weighted by Crippen LogP contribution is 2.35. The molecule has 0 fully saturated rings. The van der Waals surface area contributed by atoms with Gasteiger partial charge in [-0.3, -0.25) is 0 Å². The fourth-order valence-corrected chi connectivity index (χ4v) is 1.28. The van der Waals surface area contributed by atoms with E-state index in [0.29, 0.717) is 0 Å². The monoisotopic (exact) mass is 287 g/mol. The molecule has 1 aromatic heterocycles. The second-order valence-electron chi connectivity index (χ2n) is 3.27. The Morgan fingerprint density at radius 3 is 2.42 bits per heavy atom. The molecule has 0 atom stereocenters. The second kappa shape index (κ2) is 5.45. The third-order valence-electron chi connectivity index (χ3n) is 2.04. The van der Waals surface area contributed by atoms with Crippen LogP contribution in [0.4, 0.5) is 26.3 Å². The molecule has 0 bridgehead atoms. The van der Waals surface area contributed by atoms with Crippen LogP contribution >= 0.6 is 0 Å². The van der Waals surface area contributed by atoms with Crippen LogP contribution in [0.3, 0.4) is 0 Å². The van der Waals surface area contributed by atoms with Gasteiger partial charge in [-0.05, 0) is 6.92 Å². The van der Waals surface area contributed by atoms with Crippen molar-refractivity contribution >= 4 is 5.97 Å². The molecule has 0 amide bonds. The van der Waals surface area contributed by atoms with Gasteiger partial charge >= 0.3 is 12.1 Å². The number of hydrogen-bond donors (Lipinski definition) is 0. The molecule has 1 heterocycles. The minimum absolute atomic E-state index is 0.204. The van der Waals surface area contributed by atoms with Crippen LogP contribution in [0, 0.1) is 5.82 Å². The summed E-state index contributed by atoms with van der Waals surface area (Å²) in [5.41, 5.74) is -4.79. The fourth-order valence-electron chi connectivity index (χ4n) is 1.28. The van der Waals surface area contributed by atoms with Crippen LogP contribution in [0.1, 0.15) is 35.0 Å². The molecular weight excluding hydrogens is 280 g/mol. The Labute approximate surface area is 103 Å². The topological polar surface area (TPSA) is 39.2 Å². The summed E-state index contributed by atoms with van der Waals surface area (Å²) >= 11 is 0. The fraction of sp³-hybridized carbons (Fsp3) is 0.400. The van der Waals surface area contributed by atoms with Gasteiger partial charge in [0.15, 0.2) is 11.5 Å². The van der Waals surface area contributed by atoms with E-state index in [4.69, 9.17) is 0 Å². The number of pyridine rings is 1. The van der Waals surface area contributed by atoms with Gasteiger partial charge in [0.2, 0.25) is 0 Å². The molecule has 0 radical (unpaired) electrons. The summed E-state index contributed by atoms with van der Waals surface area (Å²) in [5, 5.41) is 0. The number of rotatable bonds is 3. The van der Waals surface area contributed by atoms with E-state index in [1.54, 1.807) is 0 Å². The van der Waals surface area contributed by atoms with Gasteiger partial charge in [0, 0.05) is 6.20 Å². The number of halogens is 6. The molecule has 0 saturated heterocycles. The van der Waals surface area contributed by atoms with Crippen LogP contribution in [-0.4, -0.2) is 17.6 Å². The lowest BCUT2D eigenvalue weighted by Crippen LogP contribution is -2.18. The Kier molecular flexibility index (Phi) is 4.38. The summed E-state index contributed by atoms with van der Waals surface area (Å²) in [6.07, 6.45) is -8.62. The zero-order valence-electron chi connectivity index (χ0n) is 9.39. The lowest BCUT2D eigenvalue weighted by atomic mass is 10.1. The molecule has 0 spiro atoms. The molecule has 106 valence electrons. The van der Waals surface area contributed by atoms with Crippen molar-refractivity contribution in [3.63, 3.8) is 0 Å². The number of hydrogen-bond acceptors (Lipinski definition) is 3. The summed E-state index contributed by atoms with van der Waals surface area (Å²) in [5.74, 6) is -3.63. The third-order valence-corrected chi connectivity index (χ3v) is 2.04. The van der Waals surface area contributed by atoms with Crippen molar-refractivity contribution in [2.45, 2.75) is 19.5 Å². The van der Waals surface area contributed by atoms with Crippen molar-refractivity contribution < 1.29 is 35.9 Å². The zero-order valence-corrected chi connectivity index (χ0v) is 9.39. The van der Waals surface area contributed by atoms with E-state index in [0.717, 1.165) is 0 Å². The van der Waals surface area contributed by atoms with Crippen LogP contribution in [0.5, 0.6) is 0 Å². The molecule has 0 aromatic carbocycles. The van der Waals surface area contributed by atoms with Crippen LogP contribution in [0.2, 0.25) is 0 Å². The maximum Gasteiger partial charge on any atom is 0.436 e. The molecule has 0 N–H and O–H groups in total. The Morgan fingerprint density at radius 1 is 1.42 bits per heavy atom. The highest BCUT2D eigenvalue weighted by molar-refractivity contribution is 5.91. The lowest BCUT2D eigenvalue weighted by Gasteiger charge is -2.13. The van der Waals surface area contributed by atoms with Gasteiger partial charge in [0.1, 0.15) is 0 Å². The Morgan fingerprint density at radius 2 is 2.00 bits per heavy atom. The Bertz CT molecular complexity index is 486. The largest absolute Gasteiger partial charge is 0.462 e. The van der Waals surface area contributed by atoms with Gasteiger partial charge in [-0.1, -0.05) is 0 Å². The number of esters is 1. The Balaban J connectivity index is 3.45. The number of alkyl halides is 5. The van der Waals surface area contributed by atoms with E-state index < -0.39 is 41.2 Å². The first kappa shape index (κ1) is 15.3. The summed E-state index contributed by atoms with van der Waals surface area (Å²) in [4.78, 5) is 13.9. The summed E-state index contributed by atoms with van der Waals surface area (Å²) in [6, 6.07) is 0. The van der Waals surface area contributed by atoms with E-state index in [-0.39, 0.29) is 12.8 Å². The number of nitrogens with zero attached hydrogens (tertiary/aromatic N) is 1. The minimum Gasteiger partial charge on any atom is -0.462 e. The van der Waals surface area contributed by atoms with Gasteiger partial charge in [0.25, 0.3) is 6.43 Å². The molecule has 0 aliphatic heterocycles. The first-order valence-corrected chi connectivity index (χ1v) is 4.91. The third kappa shape index (κ3) is 3.15. The summed E-state index contributed by atoms with van der Waals surface area (Å²) in [6.45, 7) is 1.15. The maximum atomic E-state index is 13.4. The van der Waals surface area contributed by atoms with Gasteiger partial charge in [-0.2, -0.15) is 13.2 Å². The molecule has 0 unspecified atom stereocenters. The van der Waals surface area contributed by atoms with Gasteiger partial charge in [0.05, 0.1) is 17.7 Å². The molecule has 3 nitrogen and oxygen atoms in total. The van der Waals surface area contributed by atoms with Crippen molar-refractivity contribution in [1.82, 2.24) is 4.98 Å². The van der Waals surface area contributed by atoms with E-state index in [9.17, 15) is 31.1 Å². The highest BCUT2D eigenvalue weighted by Gasteiger charge is 2.40. The van der Waals surface area contributed by atoms with Crippen molar-refractivity contribution in [2.24, 2.45) is 0 Å². The average Bonchev–Trinajstić information content (AvgIpc) is 2.26. The van der Waals surface area contributed by atoms with E-state index in [2.05, 4.69) is 9.72 Å². The predicted octanol–water partition coefficient (Wildman–Crippen LogP) is 3.35. The quantitative estimate of drug-likeness (QED) is 0.632. The van der Waals surface area contributed by atoms with Crippen LogP contribution in [0.15, 0.2) is 6.20 Å². The molecule has 0 saturated carbocycles. The first-order chi connectivity index (χ1) is 8.70. The number of carbonyl (C=O) groups excluding carboxylic acids is 1. The van der Waals surface area contributed by atoms with E-state index in [1.807, 2.05) is 0 Å². The number of aromatic nitrogens is 1.